The van der Waals surface area contributed by atoms with Crippen molar-refractivity contribution in [2.45, 2.75) is 45.2 Å². The van der Waals surface area contributed by atoms with Gasteiger partial charge in [-0.3, -0.25) is 9.59 Å². The molecule has 3 atom stereocenters. The number of aliphatic carboxylic acids is 1. The third kappa shape index (κ3) is 3.32. The molecule has 21 heavy (non-hydrogen) atoms. The van der Waals surface area contributed by atoms with Gasteiger partial charge < -0.3 is 10.0 Å². The third-order valence-corrected chi connectivity index (χ3v) is 4.79. The maximum absolute atomic E-state index is 12.8. The van der Waals surface area contributed by atoms with Gasteiger partial charge >= 0.3 is 12.1 Å². The lowest BCUT2D eigenvalue weighted by molar-refractivity contribution is -0.187. The second kappa shape index (κ2) is 5.50. The Labute approximate surface area is 121 Å². The molecule has 0 aromatic heterocycles. The highest BCUT2D eigenvalue weighted by Crippen LogP contribution is 2.41. The van der Waals surface area contributed by atoms with Crippen molar-refractivity contribution in [2.24, 2.45) is 17.3 Å². The summed E-state index contributed by atoms with van der Waals surface area (Å²) in [4.78, 5) is 24.9. The summed E-state index contributed by atoms with van der Waals surface area (Å²) in [6.45, 7) is 1.98. The Balaban J connectivity index is 1.99. The number of alkyl halides is 3. The van der Waals surface area contributed by atoms with E-state index in [-0.39, 0.29) is 25.3 Å². The number of amides is 1. The van der Waals surface area contributed by atoms with Crippen LogP contribution in [0.1, 0.15) is 39.0 Å². The fraction of sp³-hybridized carbons (Fsp3) is 0.857. The number of rotatable bonds is 2. The van der Waals surface area contributed by atoms with Gasteiger partial charge in [-0.25, -0.2) is 0 Å². The summed E-state index contributed by atoms with van der Waals surface area (Å²) in [6, 6.07) is 0. The molecule has 1 aliphatic carbocycles. The minimum absolute atomic E-state index is 0.0835. The molecular formula is C14H20F3NO3. The monoisotopic (exact) mass is 307 g/mol. The number of hydrogen-bond acceptors (Lipinski definition) is 2. The molecule has 1 aliphatic heterocycles. The molecule has 1 saturated heterocycles. The van der Waals surface area contributed by atoms with Gasteiger partial charge in [0.25, 0.3) is 0 Å². The predicted octanol–water partition coefficient (Wildman–Crippen LogP) is 2.68. The first-order valence-corrected chi connectivity index (χ1v) is 7.22. The van der Waals surface area contributed by atoms with E-state index in [1.807, 2.05) is 0 Å². The number of carboxylic acids is 1. The molecule has 0 spiro atoms. The molecule has 0 aromatic carbocycles. The molecule has 1 heterocycles. The van der Waals surface area contributed by atoms with Gasteiger partial charge in [0.15, 0.2) is 0 Å². The van der Waals surface area contributed by atoms with Crippen molar-refractivity contribution in [1.29, 1.82) is 0 Å². The van der Waals surface area contributed by atoms with E-state index in [0.717, 1.165) is 0 Å². The third-order valence-electron chi connectivity index (χ3n) is 4.79. The average molecular weight is 307 g/mol. The van der Waals surface area contributed by atoms with Crippen molar-refractivity contribution in [3.8, 4) is 0 Å². The van der Waals surface area contributed by atoms with E-state index < -0.39 is 29.4 Å². The van der Waals surface area contributed by atoms with Crippen LogP contribution in [0.25, 0.3) is 0 Å². The van der Waals surface area contributed by atoms with E-state index in [2.05, 4.69) is 0 Å². The van der Waals surface area contributed by atoms with E-state index >= 15 is 0 Å². The second-order valence-corrected chi connectivity index (χ2v) is 6.48. The lowest BCUT2D eigenvalue weighted by Crippen LogP contribution is -2.41. The normalized spacial score (nSPS) is 34.0. The first-order chi connectivity index (χ1) is 9.63. The highest BCUT2D eigenvalue weighted by atomic mass is 19.4. The number of carbonyl (C=O) groups excluding carboxylic acids is 1. The van der Waals surface area contributed by atoms with Crippen LogP contribution in [0.2, 0.25) is 0 Å². The van der Waals surface area contributed by atoms with Crippen LogP contribution in [0.4, 0.5) is 13.2 Å². The number of halogens is 3. The fourth-order valence-electron chi connectivity index (χ4n) is 3.29. The van der Waals surface area contributed by atoms with Crippen LogP contribution in [0.3, 0.4) is 0 Å². The van der Waals surface area contributed by atoms with Crippen LogP contribution in [0.5, 0.6) is 0 Å². The summed E-state index contributed by atoms with van der Waals surface area (Å²) in [5.41, 5.74) is -0.978. The Morgan fingerprint density at radius 1 is 1.29 bits per heavy atom. The number of hydrogen-bond donors (Lipinski definition) is 1. The summed E-state index contributed by atoms with van der Waals surface area (Å²) in [5.74, 6) is -3.31. The zero-order valence-corrected chi connectivity index (χ0v) is 11.9. The van der Waals surface area contributed by atoms with Gasteiger partial charge in [-0.15, -0.1) is 0 Å². The summed E-state index contributed by atoms with van der Waals surface area (Å²) in [7, 11) is 0. The maximum Gasteiger partial charge on any atom is 0.391 e. The van der Waals surface area contributed by atoms with Crippen LogP contribution in [-0.4, -0.2) is 41.1 Å². The molecule has 1 amide bonds. The maximum atomic E-state index is 12.8. The molecule has 120 valence electrons. The van der Waals surface area contributed by atoms with Crippen LogP contribution in [0, 0.1) is 17.3 Å². The molecular weight excluding hydrogens is 287 g/mol. The highest BCUT2D eigenvalue weighted by Gasteiger charge is 2.47. The Morgan fingerprint density at radius 2 is 1.95 bits per heavy atom. The average Bonchev–Trinajstić information content (AvgIpc) is 2.81. The lowest BCUT2D eigenvalue weighted by Gasteiger charge is -2.32. The molecule has 1 N–H and O–H groups in total. The molecule has 2 fully saturated rings. The van der Waals surface area contributed by atoms with Gasteiger partial charge in [0.05, 0.1) is 11.3 Å². The number of carbonyl (C=O) groups is 2. The summed E-state index contributed by atoms with van der Waals surface area (Å²) in [5, 5.41) is 9.14. The molecule has 7 heteroatoms. The zero-order valence-electron chi connectivity index (χ0n) is 11.9. The fourth-order valence-corrected chi connectivity index (χ4v) is 3.29. The second-order valence-electron chi connectivity index (χ2n) is 6.48. The van der Waals surface area contributed by atoms with Crippen LogP contribution in [-0.2, 0) is 9.59 Å². The molecule has 2 aliphatic rings. The number of carboxylic acid groups (broad SMARTS) is 1. The van der Waals surface area contributed by atoms with E-state index in [1.165, 1.54) is 4.90 Å². The van der Waals surface area contributed by atoms with Crippen molar-refractivity contribution in [3.63, 3.8) is 0 Å². The molecule has 3 unspecified atom stereocenters. The standard InChI is InChI=1S/C14H20F3NO3/c1-13(12(20)21)5-6-18(8-13)11(19)9-3-2-4-10(7-9)14(15,16)17/h9-10H,2-8H2,1H3,(H,20,21). The SMILES string of the molecule is CC1(C(=O)O)CCN(C(=O)C2CCCC(C(F)(F)F)C2)C1. The lowest BCUT2D eigenvalue weighted by atomic mass is 9.80. The topological polar surface area (TPSA) is 57.6 Å². The minimum atomic E-state index is -4.25. The smallest absolute Gasteiger partial charge is 0.391 e. The quantitative estimate of drug-likeness (QED) is 0.853. The van der Waals surface area contributed by atoms with Gasteiger partial charge in [-0.05, 0) is 32.6 Å². The first-order valence-electron chi connectivity index (χ1n) is 7.22. The largest absolute Gasteiger partial charge is 0.481 e. The van der Waals surface area contributed by atoms with E-state index in [4.69, 9.17) is 5.11 Å². The van der Waals surface area contributed by atoms with Gasteiger partial charge in [0, 0.05) is 19.0 Å². The molecule has 0 bridgehead atoms. The van der Waals surface area contributed by atoms with Crippen molar-refractivity contribution >= 4 is 11.9 Å². The molecule has 1 saturated carbocycles. The Kier molecular flexibility index (Phi) is 4.22. The van der Waals surface area contributed by atoms with Crippen LogP contribution >= 0.6 is 0 Å². The van der Waals surface area contributed by atoms with Gasteiger partial charge in [0.2, 0.25) is 5.91 Å². The Morgan fingerprint density at radius 3 is 2.48 bits per heavy atom. The van der Waals surface area contributed by atoms with Gasteiger partial charge in [-0.1, -0.05) is 6.42 Å². The van der Waals surface area contributed by atoms with Gasteiger partial charge in [0.1, 0.15) is 0 Å². The Bertz CT molecular complexity index is 438. The summed E-state index contributed by atoms with van der Waals surface area (Å²) in [6.07, 6.45) is -3.12. The molecule has 0 radical (unpaired) electrons. The van der Waals surface area contributed by atoms with Crippen molar-refractivity contribution in [1.82, 2.24) is 4.90 Å². The predicted molar refractivity (Wildman–Crippen MR) is 68.4 cm³/mol. The van der Waals surface area contributed by atoms with Crippen LogP contribution in [0.15, 0.2) is 0 Å². The molecule has 0 aromatic rings. The zero-order chi connectivity index (χ0) is 15.8. The number of nitrogens with zero attached hydrogens (tertiary/aromatic N) is 1. The highest BCUT2D eigenvalue weighted by molar-refractivity contribution is 5.82. The Hall–Kier alpha value is -1.27. The van der Waals surface area contributed by atoms with E-state index in [0.29, 0.717) is 25.8 Å². The van der Waals surface area contributed by atoms with Crippen molar-refractivity contribution in [3.05, 3.63) is 0 Å². The van der Waals surface area contributed by atoms with Crippen molar-refractivity contribution < 1.29 is 27.9 Å². The summed E-state index contributed by atoms with van der Waals surface area (Å²) >= 11 is 0. The molecule has 4 nitrogen and oxygen atoms in total. The van der Waals surface area contributed by atoms with Gasteiger partial charge in [-0.2, -0.15) is 13.2 Å². The van der Waals surface area contributed by atoms with E-state index in [1.54, 1.807) is 6.92 Å². The number of likely N-dealkylation sites (tertiary alicyclic amines) is 1. The van der Waals surface area contributed by atoms with E-state index in [9.17, 15) is 22.8 Å². The first kappa shape index (κ1) is 16.1. The van der Waals surface area contributed by atoms with Crippen molar-refractivity contribution in [2.75, 3.05) is 13.1 Å². The van der Waals surface area contributed by atoms with Crippen LogP contribution < -0.4 is 0 Å². The summed E-state index contributed by atoms with van der Waals surface area (Å²) < 4.78 is 38.3. The minimum Gasteiger partial charge on any atom is -0.481 e. The molecule has 2 rings (SSSR count).